The molecule has 2 aromatic rings. The van der Waals surface area contributed by atoms with Crippen LogP contribution in [0.3, 0.4) is 0 Å². The van der Waals surface area contributed by atoms with Crippen LogP contribution in [-0.2, 0) is 28.4 Å². The smallest absolute Gasteiger partial charge is 0.412 e. The minimum atomic E-state index is -1.99. The fraction of sp³-hybridized carbons (Fsp3) is 0.481. The van der Waals surface area contributed by atoms with Crippen LogP contribution in [-0.4, -0.2) is 119 Å². The normalized spacial score (nSPS) is 32.0. The molecule has 0 aromatic heterocycles. The Labute approximate surface area is 248 Å². The molecule has 0 radical (unpaired) electrons. The number of aliphatic hydroxyl groups excluding tert-OH is 5. The van der Waals surface area contributed by atoms with Gasteiger partial charge in [-0.2, -0.15) is 0 Å². The van der Waals surface area contributed by atoms with E-state index in [1.807, 2.05) is 0 Å². The van der Waals surface area contributed by atoms with Gasteiger partial charge in [0.15, 0.2) is 18.7 Å². The maximum Gasteiger partial charge on any atom is 0.412 e. The average Bonchev–Trinajstić information content (AvgIpc) is 3.00. The number of benzene rings is 2. The Balaban J connectivity index is 1.51. The molecule has 242 valence electrons. The van der Waals surface area contributed by atoms with Gasteiger partial charge in [0.1, 0.15) is 61.0 Å². The number of anilines is 2. The summed E-state index contributed by atoms with van der Waals surface area (Å²) >= 11 is 0. The Morgan fingerprint density at radius 1 is 0.773 bits per heavy atom. The molecule has 4 rings (SSSR count). The summed E-state index contributed by atoms with van der Waals surface area (Å²) in [5.41, 5.74) is -0.484. The average molecular weight is 631 g/mol. The SMILES string of the molecule is COC1O[C@H](CO)[C@@H](O[C@@H]2O[C@H](COC(=O)Nc3ccccc3F)C(OC(=O)Nc3ccccc3F)[C@H](O)[C@H]2O)[C@H](O)[C@H]1O. The lowest BCUT2D eigenvalue weighted by Gasteiger charge is -2.46. The second-order valence-electron chi connectivity index (χ2n) is 9.75. The first-order valence-electron chi connectivity index (χ1n) is 13.3. The summed E-state index contributed by atoms with van der Waals surface area (Å²) in [5, 5.41) is 56.7. The molecule has 2 unspecified atom stereocenters. The number of para-hydroxylation sites is 2. The third-order valence-corrected chi connectivity index (χ3v) is 6.83. The van der Waals surface area contributed by atoms with Crippen LogP contribution < -0.4 is 10.6 Å². The molecule has 44 heavy (non-hydrogen) atoms. The van der Waals surface area contributed by atoms with Crippen molar-refractivity contribution in [3.63, 3.8) is 0 Å². The van der Waals surface area contributed by atoms with Gasteiger partial charge in [0.25, 0.3) is 0 Å². The molecule has 2 amide bonds. The molecule has 2 saturated heterocycles. The van der Waals surface area contributed by atoms with E-state index in [1.54, 1.807) is 0 Å². The number of hydrogen-bond acceptors (Lipinski definition) is 13. The van der Waals surface area contributed by atoms with Crippen molar-refractivity contribution in [1.82, 2.24) is 0 Å². The zero-order valence-corrected chi connectivity index (χ0v) is 23.1. The van der Waals surface area contributed by atoms with Gasteiger partial charge in [-0.25, -0.2) is 18.4 Å². The number of halogens is 2. The first-order chi connectivity index (χ1) is 21.0. The molecule has 0 bridgehead atoms. The molecule has 0 spiro atoms. The van der Waals surface area contributed by atoms with Crippen molar-refractivity contribution in [2.24, 2.45) is 0 Å². The minimum absolute atomic E-state index is 0.218. The Kier molecular flexibility index (Phi) is 11.4. The molecule has 17 heteroatoms. The van der Waals surface area contributed by atoms with Gasteiger partial charge in [-0.3, -0.25) is 10.6 Å². The largest absolute Gasteiger partial charge is 0.446 e. The second-order valence-corrected chi connectivity index (χ2v) is 9.75. The number of rotatable bonds is 9. The number of carbonyl (C=O) groups is 2. The topological polar surface area (TPSA) is 215 Å². The number of ether oxygens (including phenoxy) is 6. The van der Waals surface area contributed by atoms with E-state index in [4.69, 9.17) is 28.4 Å². The molecule has 7 N–H and O–H groups in total. The third-order valence-electron chi connectivity index (χ3n) is 6.83. The molecule has 10 atom stereocenters. The van der Waals surface area contributed by atoms with Crippen LogP contribution in [0.15, 0.2) is 48.5 Å². The van der Waals surface area contributed by atoms with E-state index in [1.165, 1.54) is 43.5 Å². The molecular formula is C27H32F2N2O13. The van der Waals surface area contributed by atoms with Crippen molar-refractivity contribution >= 4 is 23.6 Å². The lowest BCUT2D eigenvalue weighted by Crippen LogP contribution is -2.65. The maximum absolute atomic E-state index is 14.0. The summed E-state index contributed by atoms with van der Waals surface area (Å²) in [4.78, 5) is 25.0. The van der Waals surface area contributed by atoms with Crippen molar-refractivity contribution in [3.8, 4) is 0 Å². The van der Waals surface area contributed by atoms with E-state index in [0.717, 1.165) is 12.1 Å². The monoisotopic (exact) mass is 630 g/mol. The van der Waals surface area contributed by atoms with Gasteiger partial charge < -0.3 is 54.0 Å². The van der Waals surface area contributed by atoms with Crippen LogP contribution in [0.25, 0.3) is 0 Å². The van der Waals surface area contributed by atoms with E-state index >= 15 is 0 Å². The first kappa shape index (κ1) is 33.4. The van der Waals surface area contributed by atoms with Gasteiger partial charge in [-0.1, -0.05) is 24.3 Å². The number of carbonyl (C=O) groups excluding carboxylic acids is 2. The minimum Gasteiger partial charge on any atom is -0.446 e. The number of amides is 2. The van der Waals surface area contributed by atoms with Crippen LogP contribution in [0.2, 0.25) is 0 Å². The zero-order chi connectivity index (χ0) is 32.0. The molecule has 2 heterocycles. The zero-order valence-electron chi connectivity index (χ0n) is 23.1. The fourth-order valence-corrected chi connectivity index (χ4v) is 4.56. The van der Waals surface area contributed by atoms with E-state index in [-0.39, 0.29) is 11.4 Å². The van der Waals surface area contributed by atoms with Crippen molar-refractivity contribution in [2.75, 3.05) is 31.0 Å². The van der Waals surface area contributed by atoms with Crippen molar-refractivity contribution in [1.29, 1.82) is 0 Å². The maximum atomic E-state index is 14.0. The lowest BCUT2D eigenvalue weighted by atomic mass is 9.97. The predicted octanol–water partition coefficient (Wildman–Crippen LogP) is 0.0479. The second kappa shape index (κ2) is 15.0. The van der Waals surface area contributed by atoms with Crippen LogP contribution in [0.1, 0.15) is 0 Å². The van der Waals surface area contributed by atoms with E-state index in [0.29, 0.717) is 0 Å². The first-order valence-corrected chi connectivity index (χ1v) is 13.3. The van der Waals surface area contributed by atoms with Crippen LogP contribution in [0.4, 0.5) is 29.7 Å². The highest BCUT2D eigenvalue weighted by molar-refractivity contribution is 5.85. The predicted molar refractivity (Wildman–Crippen MR) is 142 cm³/mol. The van der Waals surface area contributed by atoms with Gasteiger partial charge in [-0.15, -0.1) is 0 Å². The number of aliphatic hydroxyl groups is 5. The van der Waals surface area contributed by atoms with Gasteiger partial charge in [0, 0.05) is 7.11 Å². The quantitative estimate of drug-likeness (QED) is 0.195. The van der Waals surface area contributed by atoms with Crippen molar-refractivity contribution in [3.05, 3.63) is 60.2 Å². The molecule has 2 aliphatic heterocycles. The Morgan fingerprint density at radius 2 is 1.30 bits per heavy atom. The summed E-state index contributed by atoms with van der Waals surface area (Å²) in [6.45, 7) is -1.51. The Hall–Kier alpha value is -3.52. The summed E-state index contributed by atoms with van der Waals surface area (Å²) in [5.74, 6) is -1.56. The molecule has 15 nitrogen and oxygen atoms in total. The Bertz CT molecular complexity index is 1270. The number of hydrogen-bond donors (Lipinski definition) is 7. The van der Waals surface area contributed by atoms with Crippen LogP contribution in [0, 0.1) is 11.6 Å². The molecular weight excluding hydrogens is 598 g/mol. The van der Waals surface area contributed by atoms with E-state index < -0.39 is 98.4 Å². The lowest BCUT2D eigenvalue weighted by molar-refractivity contribution is -0.356. The van der Waals surface area contributed by atoms with Crippen molar-refractivity contribution in [2.45, 2.75) is 61.4 Å². The summed E-state index contributed by atoms with van der Waals surface area (Å²) in [6.07, 6.45) is -19.2. The van der Waals surface area contributed by atoms with Gasteiger partial charge in [-0.05, 0) is 24.3 Å². The number of methoxy groups -OCH3 is 1. The molecule has 0 saturated carbocycles. The Morgan fingerprint density at radius 3 is 1.86 bits per heavy atom. The van der Waals surface area contributed by atoms with Crippen molar-refractivity contribution < 1.29 is 72.3 Å². The standard InChI is InChI=1S/C27H32F2N2O13/c1-39-24-20(35)18(33)22(16(10-32)41-24)43-25-21(36)19(34)23(44-27(38)31-15-9-5-3-7-13(15)29)17(42-25)11-40-26(37)30-14-8-4-2-6-12(14)28/h2-9,16-25,32-36H,10-11H2,1H3,(H,30,37)(H,31,38)/t16-,17-,18-,19-,20-,21-,22-,23?,24?,25+/m1/s1. The molecule has 2 aliphatic rings. The van der Waals surface area contributed by atoms with Gasteiger partial charge in [0.2, 0.25) is 0 Å². The van der Waals surface area contributed by atoms with E-state index in [2.05, 4.69) is 10.6 Å². The highest BCUT2D eigenvalue weighted by atomic mass is 19.1. The van der Waals surface area contributed by atoms with Gasteiger partial charge >= 0.3 is 12.2 Å². The molecule has 2 aromatic carbocycles. The summed E-state index contributed by atoms with van der Waals surface area (Å²) < 4.78 is 59.9. The highest BCUT2D eigenvalue weighted by Gasteiger charge is 2.52. The number of nitrogens with one attached hydrogen (secondary N) is 2. The van der Waals surface area contributed by atoms with Crippen LogP contribution in [0.5, 0.6) is 0 Å². The summed E-state index contributed by atoms with van der Waals surface area (Å²) in [6, 6.07) is 10.3. The third kappa shape index (κ3) is 7.76. The van der Waals surface area contributed by atoms with Gasteiger partial charge in [0.05, 0.1) is 18.0 Å². The highest BCUT2D eigenvalue weighted by Crippen LogP contribution is 2.31. The summed E-state index contributed by atoms with van der Waals surface area (Å²) in [7, 11) is 1.19. The fourth-order valence-electron chi connectivity index (χ4n) is 4.56. The van der Waals surface area contributed by atoms with E-state index in [9.17, 15) is 43.9 Å². The molecule has 2 fully saturated rings. The molecule has 0 aliphatic carbocycles. The van der Waals surface area contributed by atoms with Crippen LogP contribution >= 0.6 is 0 Å².